The van der Waals surface area contributed by atoms with E-state index in [0.29, 0.717) is 18.7 Å². The summed E-state index contributed by atoms with van der Waals surface area (Å²) in [6.07, 6.45) is 2.34. The van der Waals surface area contributed by atoms with E-state index in [2.05, 4.69) is 22.4 Å². The Bertz CT molecular complexity index is 1090. The number of benzene rings is 2. The van der Waals surface area contributed by atoms with Crippen LogP contribution >= 0.6 is 0 Å². The summed E-state index contributed by atoms with van der Waals surface area (Å²) in [5.41, 5.74) is 6.16. The van der Waals surface area contributed by atoms with Crippen LogP contribution in [0.1, 0.15) is 43.1 Å². The highest BCUT2D eigenvalue weighted by Crippen LogP contribution is 2.20. The van der Waals surface area contributed by atoms with E-state index in [-0.39, 0.29) is 17.5 Å². The summed E-state index contributed by atoms with van der Waals surface area (Å²) in [5.74, 6) is -0.408. The molecule has 2 aromatic carbocycles. The molecule has 1 aliphatic rings. The van der Waals surface area contributed by atoms with Crippen LogP contribution < -0.4 is 5.32 Å². The summed E-state index contributed by atoms with van der Waals surface area (Å²) >= 11 is 0. The summed E-state index contributed by atoms with van der Waals surface area (Å²) in [5, 5.41) is 2.89. The van der Waals surface area contributed by atoms with Crippen molar-refractivity contribution < 1.29 is 9.59 Å². The van der Waals surface area contributed by atoms with Crippen molar-refractivity contribution in [3.05, 3.63) is 94.3 Å². The van der Waals surface area contributed by atoms with Gasteiger partial charge in [0.15, 0.2) is 0 Å². The third-order valence-electron chi connectivity index (χ3n) is 5.42. The van der Waals surface area contributed by atoms with Crippen LogP contribution in [0.3, 0.4) is 0 Å². The van der Waals surface area contributed by atoms with Gasteiger partial charge in [-0.15, -0.1) is 0 Å². The van der Waals surface area contributed by atoms with E-state index in [9.17, 15) is 9.59 Å². The van der Waals surface area contributed by atoms with E-state index in [0.717, 1.165) is 23.2 Å². The number of rotatable bonds is 3. The number of nitrogens with one attached hydrogen (secondary N) is 1. The van der Waals surface area contributed by atoms with Crippen molar-refractivity contribution in [2.24, 2.45) is 0 Å². The molecule has 2 amide bonds. The number of anilines is 1. The van der Waals surface area contributed by atoms with Gasteiger partial charge in [-0.1, -0.05) is 30.3 Å². The lowest BCUT2D eigenvalue weighted by Crippen LogP contribution is -2.36. The van der Waals surface area contributed by atoms with Crippen molar-refractivity contribution >= 4 is 17.5 Å². The lowest BCUT2D eigenvalue weighted by atomic mass is 9.99. The zero-order valence-electron chi connectivity index (χ0n) is 16.6. The van der Waals surface area contributed by atoms with Crippen molar-refractivity contribution in [1.82, 2.24) is 9.88 Å². The van der Waals surface area contributed by atoms with Crippen LogP contribution in [0.15, 0.2) is 60.8 Å². The number of carbonyl (C=O) groups excluding carboxylic acids is 2. The molecule has 3 aromatic rings. The van der Waals surface area contributed by atoms with Gasteiger partial charge in [-0.05, 0) is 66.8 Å². The fourth-order valence-electron chi connectivity index (χ4n) is 3.54. The van der Waals surface area contributed by atoms with Gasteiger partial charge in [0, 0.05) is 30.5 Å². The Morgan fingerprint density at radius 2 is 1.76 bits per heavy atom. The molecule has 0 saturated heterocycles. The van der Waals surface area contributed by atoms with Crippen molar-refractivity contribution in [2.75, 3.05) is 11.9 Å². The number of amides is 2. The molecule has 0 aliphatic carbocycles. The highest BCUT2D eigenvalue weighted by atomic mass is 16.2. The second-order valence-corrected chi connectivity index (χ2v) is 7.43. The number of hydrogen-bond acceptors (Lipinski definition) is 3. The molecule has 5 nitrogen and oxygen atoms in total. The maximum Gasteiger partial charge on any atom is 0.272 e. The maximum absolute atomic E-state index is 13.0. The maximum atomic E-state index is 13.0. The summed E-state index contributed by atoms with van der Waals surface area (Å²) < 4.78 is 0. The molecule has 4 rings (SSSR count). The fraction of sp³-hybridized carbons (Fsp3) is 0.208. The first kappa shape index (κ1) is 18.9. The van der Waals surface area contributed by atoms with Crippen molar-refractivity contribution in [2.45, 2.75) is 26.8 Å². The third-order valence-corrected chi connectivity index (χ3v) is 5.42. The Morgan fingerprint density at radius 1 is 0.966 bits per heavy atom. The van der Waals surface area contributed by atoms with Crippen LogP contribution in [-0.4, -0.2) is 28.2 Å². The van der Waals surface area contributed by atoms with Crippen molar-refractivity contribution in [1.29, 1.82) is 0 Å². The van der Waals surface area contributed by atoms with E-state index in [1.165, 1.54) is 17.3 Å². The van der Waals surface area contributed by atoms with Gasteiger partial charge in [0.05, 0.1) is 0 Å². The number of fused-ring (bicyclic) bond motifs is 1. The molecule has 0 unspecified atom stereocenters. The smallest absolute Gasteiger partial charge is 0.272 e. The molecule has 2 heterocycles. The predicted octanol–water partition coefficient (Wildman–Crippen LogP) is 4.15. The van der Waals surface area contributed by atoms with Gasteiger partial charge in [0.2, 0.25) is 0 Å². The van der Waals surface area contributed by atoms with Crippen LogP contribution in [0.4, 0.5) is 5.69 Å². The molecule has 1 aromatic heterocycles. The minimum atomic E-state index is -0.256. The van der Waals surface area contributed by atoms with Crippen molar-refractivity contribution in [3.8, 4) is 0 Å². The third kappa shape index (κ3) is 4.04. The Morgan fingerprint density at radius 3 is 2.55 bits per heavy atom. The van der Waals surface area contributed by atoms with Gasteiger partial charge in [0.1, 0.15) is 5.69 Å². The molecule has 146 valence electrons. The predicted molar refractivity (Wildman–Crippen MR) is 113 cm³/mol. The normalized spacial score (nSPS) is 13.0. The molecular weight excluding hydrogens is 362 g/mol. The van der Waals surface area contributed by atoms with Gasteiger partial charge in [-0.3, -0.25) is 14.6 Å². The Kier molecular flexibility index (Phi) is 5.12. The van der Waals surface area contributed by atoms with E-state index in [1.54, 1.807) is 17.0 Å². The number of nitrogens with zero attached hydrogens (tertiary/aromatic N) is 2. The highest BCUT2D eigenvalue weighted by molar-refractivity contribution is 6.05. The molecule has 0 spiro atoms. The van der Waals surface area contributed by atoms with Gasteiger partial charge >= 0.3 is 0 Å². The lowest BCUT2D eigenvalue weighted by Gasteiger charge is -2.28. The standard InChI is InChI=1S/C24H23N3O2/c1-16-7-8-21(13-17(16)2)26-23(28)19-9-11-25-22(14-19)24(29)27-12-10-18-5-3-4-6-20(18)15-27/h3-9,11,13-14H,10,12,15H2,1-2H3,(H,26,28). The molecule has 0 radical (unpaired) electrons. The van der Waals surface area contributed by atoms with Gasteiger partial charge in [-0.2, -0.15) is 0 Å². The molecule has 0 atom stereocenters. The molecule has 5 heteroatoms. The van der Waals surface area contributed by atoms with Crippen LogP contribution in [-0.2, 0) is 13.0 Å². The molecule has 0 saturated carbocycles. The number of pyridine rings is 1. The molecule has 0 fully saturated rings. The summed E-state index contributed by atoms with van der Waals surface area (Å²) in [6, 6.07) is 17.1. The Labute approximate surface area is 170 Å². The number of carbonyl (C=O) groups is 2. The molecule has 0 bridgehead atoms. The molecule has 1 N–H and O–H groups in total. The molecular formula is C24H23N3O2. The van der Waals surface area contributed by atoms with Gasteiger partial charge in [-0.25, -0.2) is 0 Å². The number of aromatic nitrogens is 1. The number of hydrogen-bond donors (Lipinski definition) is 1. The Balaban J connectivity index is 1.50. The minimum absolute atomic E-state index is 0.152. The Hall–Kier alpha value is -3.47. The average Bonchev–Trinajstić information content (AvgIpc) is 2.75. The van der Waals surface area contributed by atoms with Crippen LogP contribution in [0.25, 0.3) is 0 Å². The largest absolute Gasteiger partial charge is 0.333 e. The summed E-state index contributed by atoms with van der Waals surface area (Å²) in [7, 11) is 0. The van der Waals surface area contributed by atoms with Crippen molar-refractivity contribution in [3.63, 3.8) is 0 Å². The summed E-state index contributed by atoms with van der Waals surface area (Å²) in [6.45, 7) is 5.25. The monoisotopic (exact) mass is 385 g/mol. The van der Waals surface area contributed by atoms with E-state index in [4.69, 9.17) is 0 Å². The van der Waals surface area contributed by atoms with E-state index in [1.807, 2.05) is 44.2 Å². The quantitative estimate of drug-likeness (QED) is 0.737. The topological polar surface area (TPSA) is 62.3 Å². The second kappa shape index (κ2) is 7.87. The SMILES string of the molecule is Cc1ccc(NC(=O)c2ccnc(C(=O)N3CCc4ccccc4C3)c2)cc1C. The van der Waals surface area contributed by atoms with Gasteiger partial charge < -0.3 is 10.2 Å². The van der Waals surface area contributed by atoms with E-state index >= 15 is 0 Å². The second-order valence-electron chi connectivity index (χ2n) is 7.43. The molecule has 1 aliphatic heterocycles. The average molecular weight is 385 g/mol. The zero-order chi connectivity index (χ0) is 20.4. The number of aryl methyl sites for hydroxylation is 2. The zero-order valence-corrected chi connectivity index (χ0v) is 16.6. The highest BCUT2D eigenvalue weighted by Gasteiger charge is 2.23. The summed E-state index contributed by atoms with van der Waals surface area (Å²) in [4.78, 5) is 31.6. The van der Waals surface area contributed by atoms with Crippen LogP contribution in [0, 0.1) is 13.8 Å². The molecule has 29 heavy (non-hydrogen) atoms. The first-order valence-corrected chi connectivity index (χ1v) is 9.72. The van der Waals surface area contributed by atoms with Gasteiger partial charge in [0.25, 0.3) is 11.8 Å². The first-order chi connectivity index (χ1) is 14.0. The lowest BCUT2D eigenvalue weighted by molar-refractivity contribution is 0.0728. The van der Waals surface area contributed by atoms with E-state index < -0.39 is 0 Å². The fourth-order valence-corrected chi connectivity index (χ4v) is 3.54. The first-order valence-electron chi connectivity index (χ1n) is 9.72. The minimum Gasteiger partial charge on any atom is -0.333 e. The van der Waals surface area contributed by atoms with Crippen LogP contribution in [0.2, 0.25) is 0 Å². The van der Waals surface area contributed by atoms with Crippen LogP contribution in [0.5, 0.6) is 0 Å².